The predicted molar refractivity (Wildman–Crippen MR) is 86.3 cm³/mol. The first-order valence-corrected chi connectivity index (χ1v) is 7.05. The van der Waals surface area contributed by atoms with Crippen molar-refractivity contribution < 1.29 is 4.79 Å². The van der Waals surface area contributed by atoms with Crippen LogP contribution in [0.3, 0.4) is 0 Å². The van der Waals surface area contributed by atoms with Crippen LogP contribution in [0.1, 0.15) is 31.3 Å². The molecule has 0 saturated heterocycles. The number of carbonyl (C=O) groups is 1. The summed E-state index contributed by atoms with van der Waals surface area (Å²) in [7, 11) is 5.49. The Hall–Kier alpha value is -2.44. The lowest BCUT2D eigenvalue weighted by molar-refractivity contribution is 0.0988. The van der Waals surface area contributed by atoms with Gasteiger partial charge in [-0.05, 0) is 32.9 Å². The van der Waals surface area contributed by atoms with E-state index in [1.807, 2.05) is 45.8 Å². The van der Waals surface area contributed by atoms with E-state index in [1.54, 1.807) is 35.1 Å². The molecule has 0 N–H and O–H groups in total. The summed E-state index contributed by atoms with van der Waals surface area (Å²) in [5.41, 5.74) is 0.821. The van der Waals surface area contributed by atoms with Gasteiger partial charge in [0.25, 0.3) is 5.91 Å². The van der Waals surface area contributed by atoms with Gasteiger partial charge in [0.05, 0.1) is 17.4 Å². The minimum absolute atomic E-state index is 0.215. The van der Waals surface area contributed by atoms with Crippen LogP contribution in [-0.4, -0.2) is 47.0 Å². The van der Waals surface area contributed by atoms with E-state index in [1.165, 1.54) is 0 Å². The molecule has 2 aromatic rings. The first-order valence-electron chi connectivity index (χ1n) is 7.05. The van der Waals surface area contributed by atoms with Gasteiger partial charge in [-0.3, -0.25) is 4.79 Å². The molecule has 0 fully saturated rings. The Labute approximate surface area is 130 Å². The number of hydrogen-bond acceptors (Lipinski definition) is 5. The number of pyridine rings is 1. The van der Waals surface area contributed by atoms with E-state index in [4.69, 9.17) is 0 Å². The molecule has 0 radical (unpaired) electrons. The molecule has 0 aliphatic heterocycles. The maximum atomic E-state index is 12.6. The van der Waals surface area contributed by atoms with E-state index in [-0.39, 0.29) is 11.4 Å². The summed E-state index contributed by atoms with van der Waals surface area (Å²) < 4.78 is 1.68. The molecule has 0 bridgehead atoms. The van der Waals surface area contributed by atoms with Crippen LogP contribution >= 0.6 is 0 Å². The Balaban J connectivity index is 2.32. The van der Waals surface area contributed by atoms with Crippen molar-refractivity contribution in [2.24, 2.45) is 0 Å². The van der Waals surface area contributed by atoms with E-state index in [2.05, 4.69) is 15.3 Å². The van der Waals surface area contributed by atoms with Crippen LogP contribution < -0.4 is 9.80 Å². The van der Waals surface area contributed by atoms with Crippen LogP contribution in [0.4, 0.5) is 11.5 Å². The molecule has 2 heterocycles. The van der Waals surface area contributed by atoms with Gasteiger partial charge < -0.3 is 9.80 Å². The molecule has 0 aliphatic rings. The first kappa shape index (κ1) is 15.9. The molecule has 2 rings (SSSR count). The minimum Gasteiger partial charge on any atom is -0.361 e. The summed E-state index contributed by atoms with van der Waals surface area (Å²) in [5, 5.41) is 8.03. The summed E-state index contributed by atoms with van der Waals surface area (Å²) in [6, 6.07) is 3.66. The van der Waals surface area contributed by atoms with Crippen LogP contribution in [0.5, 0.6) is 0 Å². The number of rotatable bonds is 3. The fourth-order valence-corrected chi connectivity index (χ4v) is 1.97. The lowest BCUT2D eigenvalue weighted by Gasteiger charge is -2.22. The Kier molecular flexibility index (Phi) is 4.16. The van der Waals surface area contributed by atoms with Gasteiger partial charge in [0.2, 0.25) is 0 Å². The van der Waals surface area contributed by atoms with E-state index < -0.39 is 0 Å². The zero-order valence-electron chi connectivity index (χ0n) is 13.9. The molecule has 7 nitrogen and oxygen atoms in total. The Morgan fingerprint density at radius 1 is 1.23 bits per heavy atom. The molecule has 118 valence electrons. The van der Waals surface area contributed by atoms with Crippen molar-refractivity contribution in [1.29, 1.82) is 0 Å². The third-order valence-electron chi connectivity index (χ3n) is 3.26. The monoisotopic (exact) mass is 302 g/mol. The average Bonchev–Trinajstić information content (AvgIpc) is 2.95. The number of anilines is 2. The van der Waals surface area contributed by atoms with Crippen LogP contribution in [0.25, 0.3) is 0 Å². The number of hydrogen-bond donors (Lipinski definition) is 0. The summed E-state index contributed by atoms with van der Waals surface area (Å²) in [4.78, 5) is 20.3. The van der Waals surface area contributed by atoms with Gasteiger partial charge in [0, 0.05) is 27.3 Å². The standard InChI is InChI=1S/C15H22N6O/c1-15(2,3)21-10-11(17-18-21)14(22)20(6)12-8-7-9-16-13(12)19(4)5/h7-10H,1-6H3. The van der Waals surface area contributed by atoms with Gasteiger partial charge in [-0.1, -0.05) is 5.21 Å². The highest BCUT2D eigenvalue weighted by atomic mass is 16.2. The number of amides is 1. The molecule has 22 heavy (non-hydrogen) atoms. The highest BCUT2D eigenvalue weighted by molar-refractivity contribution is 6.05. The smallest absolute Gasteiger partial charge is 0.280 e. The lowest BCUT2D eigenvalue weighted by atomic mass is 10.1. The normalized spacial score (nSPS) is 11.4. The fourth-order valence-electron chi connectivity index (χ4n) is 1.97. The van der Waals surface area contributed by atoms with Gasteiger partial charge in [0.1, 0.15) is 0 Å². The molecule has 2 aromatic heterocycles. The van der Waals surface area contributed by atoms with Gasteiger partial charge in [0.15, 0.2) is 11.5 Å². The van der Waals surface area contributed by atoms with Gasteiger partial charge in [-0.2, -0.15) is 0 Å². The predicted octanol–water partition coefficient (Wildman–Crippen LogP) is 1.77. The third-order valence-corrected chi connectivity index (χ3v) is 3.26. The van der Waals surface area contributed by atoms with Crippen molar-refractivity contribution >= 4 is 17.4 Å². The molecule has 1 amide bonds. The molecule has 0 spiro atoms. The SMILES string of the molecule is CN(C)c1ncccc1N(C)C(=O)c1cn(C(C)(C)C)nn1. The summed E-state index contributed by atoms with van der Waals surface area (Å²) in [6.07, 6.45) is 3.37. The number of carbonyl (C=O) groups excluding carboxylic acids is 1. The minimum atomic E-state index is -0.216. The van der Waals surface area contributed by atoms with Crippen molar-refractivity contribution in [3.63, 3.8) is 0 Å². The highest BCUT2D eigenvalue weighted by Gasteiger charge is 2.23. The van der Waals surface area contributed by atoms with Crippen LogP contribution in [0, 0.1) is 0 Å². The number of nitrogens with zero attached hydrogens (tertiary/aromatic N) is 6. The lowest BCUT2D eigenvalue weighted by Crippen LogP contribution is -2.29. The zero-order valence-corrected chi connectivity index (χ0v) is 13.9. The van der Waals surface area contributed by atoms with E-state index >= 15 is 0 Å². The fraction of sp³-hybridized carbons (Fsp3) is 0.467. The maximum absolute atomic E-state index is 12.6. The zero-order chi connectivity index (χ0) is 16.5. The molecule has 0 saturated carbocycles. The van der Waals surface area contributed by atoms with Crippen molar-refractivity contribution in [1.82, 2.24) is 20.0 Å². The summed E-state index contributed by atoms with van der Waals surface area (Å²) in [6.45, 7) is 6.01. The largest absolute Gasteiger partial charge is 0.361 e. The molecular weight excluding hydrogens is 280 g/mol. The van der Waals surface area contributed by atoms with E-state index in [0.717, 1.165) is 11.5 Å². The first-order chi connectivity index (χ1) is 10.2. The Morgan fingerprint density at radius 3 is 2.45 bits per heavy atom. The van der Waals surface area contributed by atoms with Crippen molar-refractivity contribution in [3.05, 3.63) is 30.2 Å². The average molecular weight is 302 g/mol. The van der Waals surface area contributed by atoms with E-state index in [0.29, 0.717) is 5.69 Å². The molecule has 0 aromatic carbocycles. The van der Waals surface area contributed by atoms with Gasteiger partial charge in [-0.15, -0.1) is 5.10 Å². The number of aromatic nitrogens is 4. The van der Waals surface area contributed by atoms with E-state index in [9.17, 15) is 4.79 Å². The molecule has 0 unspecified atom stereocenters. The van der Waals surface area contributed by atoms with Crippen LogP contribution in [0.2, 0.25) is 0 Å². The summed E-state index contributed by atoms with van der Waals surface area (Å²) in [5.74, 6) is 0.508. The second-order valence-corrected chi connectivity index (χ2v) is 6.32. The molecule has 7 heteroatoms. The molecular formula is C15H22N6O. The molecule has 0 aliphatic carbocycles. The third kappa shape index (κ3) is 3.08. The topological polar surface area (TPSA) is 67.2 Å². The van der Waals surface area contributed by atoms with Crippen LogP contribution in [0.15, 0.2) is 24.5 Å². The quantitative estimate of drug-likeness (QED) is 0.864. The molecule has 0 atom stereocenters. The van der Waals surface area contributed by atoms with Crippen LogP contribution in [-0.2, 0) is 5.54 Å². The highest BCUT2D eigenvalue weighted by Crippen LogP contribution is 2.25. The second kappa shape index (κ2) is 5.75. The Bertz CT molecular complexity index is 671. The second-order valence-electron chi connectivity index (χ2n) is 6.32. The van der Waals surface area contributed by atoms with Gasteiger partial charge >= 0.3 is 0 Å². The van der Waals surface area contributed by atoms with Gasteiger partial charge in [-0.25, -0.2) is 9.67 Å². The summed E-state index contributed by atoms with van der Waals surface area (Å²) >= 11 is 0. The maximum Gasteiger partial charge on any atom is 0.280 e. The van der Waals surface area contributed by atoms with Crippen molar-refractivity contribution in [2.75, 3.05) is 30.9 Å². The Morgan fingerprint density at radius 2 is 1.91 bits per heavy atom. The van der Waals surface area contributed by atoms with Crippen molar-refractivity contribution in [2.45, 2.75) is 26.3 Å². The van der Waals surface area contributed by atoms with Crippen molar-refractivity contribution in [3.8, 4) is 0 Å².